The molecule has 0 amide bonds. The molecule has 0 saturated carbocycles. The number of fused-ring (bicyclic) bond motifs is 1. The van der Waals surface area contributed by atoms with Crippen LogP contribution in [0.3, 0.4) is 0 Å². The lowest BCUT2D eigenvalue weighted by Gasteiger charge is -2.24. The first-order valence-corrected chi connectivity index (χ1v) is 9.18. The molecule has 0 aliphatic rings. The molecule has 2 nitrogen and oxygen atoms in total. The molecule has 3 rings (SSSR count). The first-order chi connectivity index (χ1) is 13.1. The predicted octanol–water partition coefficient (Wildman–Crippen LogP) is 6.74. The van der Waals surface area contributed by atoms with Crippen LogP contribution in [0.1, 0.15) is 52.7 Å². The van der Waals surface area contributed by atoms with E-state index < -0.39 is 7.25 Å². The van der Waals surface area contributed by atoms with Gasteiger partial charge in [0.1, 0.15) is 5.82 Å². The van der Waals surface area contributed by atoms with Gasteiger partial charge >= 0.3 is 13.6 Å². The second-order valence-electron chi connectivity index (χ2n) is 8.94. The van der Waals surface area contributed by atoms with Crippen molar-refractivity contribution in [2.45, 2.75) is 52.4 Å². The standard InChI is InChI=1S/C21H25FNO.BF4/c1-20(2,3)14-10-17(21(4,5)6)19-18(11-14)23(13-24-19)16-9-7-8-15(22)12-16;2-1(3,4)5/h7-13H,1-6H3;/q+1;-1. The van der Waals surface area contributed by atoms with E-state index in [-0.39, 0.29) is 16.6 Å². The van der Waals surface area contributed by atoms with Crippen LogP contribution in [0.25, 0.3) is 16.8 Å². The zero-order chi connectivity index (χ0) is 22.2. The molecule has 1 aromatic heterocycles. The first kappa shape index (κ1) is 22.9. The van der Waals surface area contributed by atoms with Crippen LogP contribution in [-0.2, 0) is 10.8 Å². The number of aromatic nitrogens is 1. The molecule has 1 heterocycles. The molecule has 0 fully saturated rings. The summed E-state index contributed by atoms with van der Waals surface area (Å²) in [7, 11) is -6.00. The fourth-order valence-electron chi connectivity index (χ4n) is 2.89. The van der Waals surface area contributed by atoms with Crippen LogP contribution >= 0.6 is 0 Å². The average molecular weight is 413 g/mol. The smallest absolute Gasteiger partial charge is 0.418 e. The molecule has 0 N–H and O–H groups in total. The monoisotopic (exact) mass is 413 g/mol. The normalized spacial score (nSPS) is 12.7. The summed E-state index contributed by atoms with van der Waals surface area (Å²) in [5, 5.41) is 0. The molecule has 0 aliphatic carbocycles. The minimum absolute atomic E-state index is 0.0191. The van der Waals surface area contributed by atoms with Crippen LogP contribution in [0.4, 0.5) is 21.7 Å². The van der Waals surface area contributed by atoms with Gasteiger partial charge < -0.3 is 21.7 Å². The molecular weight excluding hydrogens is 388 g/mol. The largest absolute Gasteiger partial charge is 0.673 e. The maximum atomic E-state index is 13.7. The fourth-order valence-corrected chi connectivity index (χ4v) is 2.89. The highest BCUT2D eigenvalue weighted by atomic mass is 19.5. The molecule has 0 aliphatic heterocycles. The van der Waals surface area contributed by atoms with Crippen molar-refractivity contribution in [3.05, 3.63) is 59.7 Å². The van der Waals surface area contributed by atoms with Gasteiger partial charge in [-0.05, 0) is 22.5 Å². The summed E-state index contributed by atoms with van der Waals surface area (Å²) in [5.74, 6) is -0.252. The lowest BCUT2D eigenvalue weighted by molar-refractivity contribution is -0.573. The molecule has 0 radical (unpaired) electrons. The van der Waals surface area contributed by atoms with Gasteiger partial charge in [-0.3, -0.25) is 0 Å². The van der Waals surface area contributed by atoms with Crippen molar-refractivity contribution in [2.75, 3.05) is 0 Å². The Morgan fingerprint density at radius 1 is 0.862 bits per heavy atom. The second-order valence-corrected chi connectivity index (χ2v) is 8.94. The minimum atomic E-state index is -6.00. The van der Waals surface area contributed by atoms with E-state index in [0.29, 0.717) is 0 Å². The number of rotatable bonds is 1. The van der Waals surface area contributed by atoms with Crippen molar-refractivity contribution in [1.29, 1.82) is 0 Å². The van der Waals surface area contributed by atoms with Crippen LogP contribution in [0.2, 0.25) is 0 Å². The number of hydrogen-bond acceptors (Lipinski definition) is 1. The lowest BCUT2D eigenvalue weighted by atomic mass is 9.80. The summed E-state index contributed by atoms with van der Waals surface area (Å²) in [6.07, 6.45) is 1.67. The fraction of sp³-hybridized carbons (Fsp3) is 0.381. The van der Waals surface area contributed by atoms with E-state index in [1.165, 1.54) is 23.3 Å². The molecule has 2 aromatic carbocycles. The molecule has 29 heavy (non-hydrogen) atoms. The van der Waals surface area contributed by atoms with Gasteiger partial charge in [0, 0.05) is 23.8 Å². The molecule has 8 heteroatoms. The van der Waals surface area contributed by atoms with Crippen molar-refractivity contribution in [1.82, 2.24) is 0 Å². The molecule has 158 valence electrons. The van der Waals surface area contributed by atoms with E-state index in [1.54, 1.807) is 12.5 Å². The third-order valence-corrected chi connectivity index (χ3v) is 4.37. The zero-order valence-corrected chi connectivity index (χ0v) is 17.4. The maximum Gasteiger partial charge on any atom is 0.673 e. The van der Waals surface area contributed by atoms with Crippen LogP contribution in [0.5, 0.6) is 0 Å². The number of halogens is 5. The highest BCUT2D eigenvalue weighted by Crippen LogP contribution is 2.34. The molecule has 0 bridgehead atoms. The van der Waals surface area contributed by atoms with Crippen molar-refractivity contribution in [3.8, 4) is 5.69 Å². The van der Waals surface area contributed by atoms with E-state index >= 15 is 0 Å². The lowest BCUT2D eigenvalue weighted by Crippen LogP contribution is -2.29. The zero-order valence-electron chi connectivity index (χ0n) is 17.4. The van der Waals surface area contributed by atoms with E-state index in [4.69, 9.17) is 4.42 Å². The summed E-state index contributed by atoms with van der Waals surface area (Å²) in [6.45, 7) is 13.2. The van der Waals surface area contributed by atoms with Gasteiger partial charge in [0.05, 0.1) is 0 Å². The van der Waals surface area contributed by atoms with Crippen LogP contribution in [0, 0.1) is 5.82 Å². The Balaban J connectivity index is 0.000000537. The average Bonchev–Trinajstić information content (AvgIpc) is 2.94. The molecular formula is C21H25BF5NO. The van der Waals surface area contributed by atoms with Crippen LogP contribution < -0.4 is 4.57 Å². The van der Waals surface area contributed by atoms with Gasteiger partial charge in [0.15, 0.2) is 0 Å². The molecule has 0 unspecified atom stereocenters. The Kier molecular flexibility index (Phi) is 6.16. The first-order valence-electron chi connectivity index (χ1n) is 9.18. The number of benzene rings is 2. The van der Waals surface area contributed by atoms with Gasteiger partial charge in [0.25, 0.3) is 5.52 Å². The summed E-state index contributed by atoms with van der Waals surface area (Å²) >= 11 is 0. The second kappa shape index (κ2) is 7.80. The summed E-state index contributed by atoms with van der Waals surface area (Å²) < 4.78 is 60.5. The summed E-state index contributed by atoms with van der Waals surface area (Å²) in [6, 6.07) is 11.0. The van der Waals surface area contributed by atoms with Crippen molar-refractivity contribution in [3.63, 3.8) is 0 Å². The Morgan fingerprint density at radius 3 is 1.93 bits per heavy atom. The number of hydrogen-bond donors (Lipinski definition) is 0. The number of oxazole rings is 1. The van der Waals surface area contributed by atoms with Gasteiger partial charge in [-0.1, -0.05) is 53.7 Å². The predicted molar refractivity (Wildman–Crippen MR) is 105 cm³/mol. The topological polar surface area (TPSA) is 17.0 Å². The van der Waals surface area contributed by atoms with Crippen LogP contribution in [-0.4, -0.2) is 7.25 Å². The third-order valence-electron chi connectivity index (χ3n) is 4.37. The van der Waals surface area contributed by atoms with Crippen molar-refractivity contribution >= 4 is 18.4 Å². The molecule has 0 saturated heterocycles. The highest BCUT2D eigenvalue weighted by molar-refractivity contribution is 6.50. The Bertz CT molecular complexity index is 991. The third kappa shape index (κ3) is 6.05. The van der Waals surface area contributed by atoms with Crippen molar-refractivity contribution in [2.24, 2.45) is 0 Å². The van der Waals surface area contributed by atoms with E-state index in [1.807, 2.05) is 10.6 Å². The summed E-state index contributed by atoms with van der Waals surface area (Å²) in [5.41, 5.74) is 4.98. The van der Waals surface area contributed by atoms with Gasteiger partial charge in [-0.25, -0.2) is 4.39 Å². The number of nitrogens with zero attached hydrogens (tertiary/aromatic N) is 1. The SMILES string of the molecule is CC(C)(C)c1cc(C(C)(C)C)c2oc[n+](-c3cccc(F)c3)c2c1.F[B-](F)(F)F. The Morgan fingerprint density at radius 2 is 1.45 bits per heavy atom. The quantitative estimate of drug-likeness (QED) is 0.245. The molecule has 0 spiro atoms. The molecule has 0 atom stereocenters. The van der Waals surface area contributed by atoms with Gasteiger partial charge in [-0.2, -0.15) is 0 Å². The minimum Gasteiger partial charge on any atom is -0.418 e. The van der Waals surface area contributed by atoms with E-state index in [2.05, 4.69) is 53.7 Å². The maximum absolute atomic E-state index is 13.7. The molecule has 3 aromatic rings. The van der Waals surface area contributed by atoms with E-state index in [0.717, 1.165) is 16.8 Å². The van der Waals surface area contributed by atoms with Gasteiger partial charge in [0.2, 0.25) is 11.3 Å². The van der Waals surface area contributed by atoms with Crippen LogP contribution in [0.15, 0.2) is 47.2 Å². The van der Waals surface area contributed by atoms with Crippen molar-refractivity contribution < 1.29 is 30.6 Å². The van der Waals surface area contributed by atoms with Gasteiger partial charge in [-0.15, -0.1) is 4.57 Å². The Hall–Kier alpha value is -2.38. The summed E-state index contributed by atoms with van der Waals surface area (Å²) in [4.78, 5) is 0. The van der Waals surface area contributed by atoms with E-state index in [9.17, 15) is 21.7 Å². The Labute approximate surface area is 167 Å². The highest BCUT2D eigenvalue weighted by Gasteiger charge is 2.29.